The zero-order chi connectivity index (χ0) is 13.6. The lowest BCUT2D eigenvalue weighted by Crippen LogP contribution is -2.22. The highest BCUT2D eigenvalue weighted by Gasteiger charge is 2.34. The summed E-state index contributed by atoms with van der Waals surface area (Å²) in [7, 11) is 0. The molecule has 9 heteroatoms. The van der Waals surface area contributed by atoms with Gasteiger partial charge < -0.3 is 0 Å². The van der Waals surface area contributed by atoms with E-state index in [0.29, 0.717) is 30.6 Å². The lowest BCUT2D eigenvalue weighted by Gasteiger charge is -2.11. The van der Waals surface area contributed by atoms with Crippen molar-refractivity contribution in [3.8, 4) is 0 Å². The second kappa shape index (κ2) is 3.90. The molecule has 2 aromatic heterocycles. The van der Waals surface area contributed by atoms with E-state index in [1.165, 1.54) is 4.57 Å². The third-order valence-electron chi connectivity index (χ3n) is 3.03. The van der Waals surface area contributed by atoms with Crippen LogP contribution in [0.1, 0.15) is 29.7 Å². The minimum atomic E-state index is -4.52. The van der Waals surface area contributed by atoms with E-state index >= 15 is 0 Å². The molecule has 1 aliphatic rings. The predicted octanol–water partition coefficient (Wildman–Crippen LogP) is 0.916. The van der Waals surface area contributed by atoms with Crippen LogP contribution in [0.5, 0.6) is 0 Å². The topological polar surface area (TPSA) is 76.5 Å². The molecule has 0 aliphatic carbocycles. The number of aryl methyl sites for hydroxylation is 1. The van der Waals surface area contributed by atoms with E-state index in [1.807, 2.05) is 0 Å². The monoisotopic (exact) mass is 271 g/mol. The molecular formula is C10H8F3N5O. The van der Waals surface area contributed by atoms with Crippen molar-refractivity contribution in [1.82, 2.24) is 24.7 Å². The van der Waals surface area contributed by atoms with Gasteiger partial charge in [0.2, 0.25) is 0 Å². The van der Waals surface area contributed by atoms with Crippen molar-refractivity contribution in [1.29, 1.82) is 0 Å². The predicted molar refractivity (Wildman–Crippen MR) is 56.3 cm³/mol. The molecule has 6 nitrogen and oxygen atoms in total. The average Bonchev–Trinajstić information content (AvgIpc) is 2.92. The highest BCUT2D eigenvalue weighted by atomic mass is 19.4. The second-order valence-electron chi connectivity index (χ2n) is 4.19. The first-order chi connectivity index (χ1) is 8.97. The van der Waals surface area contributed by atoms with E-state index in [0.717, 1.165) is 6.20 Å². The number of rotatable bonds is 1. The molecule has 0 spiro atoms. The maximum Gasteiger partial charge on any atom is 0.434 e. The van der Waals surface area contributed by atoms with Crippen LogP contribution in [0.25, 0.3) is 0 Å². The molecule has 0 aromatic carbocycles. The molecule has 1 aliphatic heterocycles. The molecule has 0 bridgehead atoms. The molecule has 1 atom stereocenters. The van der Waals surface area contributed by atoms with Gasteiger partial charge >= 0.3 is 11.9 Å². The summed E-state index contributed by atoms with van der Waals surface area (Å²) in [5.74, 6) is 0.580. The first kappa shape index (κ1) is 11.9. The van der Waals surface area contributed by atoms with Gasteiger partial charge in [0.25, 0.3) is 0 Å². The van der Waals surface area contributed by atoms with Gasteiger partial charge in [-0.3, -0.25) is 9.55 Å². The van der Waals surface area contributed by atoms with Crippen molar-refractivity contribution >= 4 is 0 Å². The lowest BCUT2D eigenvalue weighted by atomic mass is 10.1. The Labute approximate surface area is 104 Å². The van der Waals surface area contributed by atoms with Crippen LogP contribution >= 0.6 is 0 Å². The van der Waals surface area contributed by atoms with Crippen molar-refractivity contribution in [3.63, 3.8) is 0 Å². The van der Waals surface area contributed by atoms with Gasteiger partial charge in [0.15, 0.2) is 5.69 Å². The van der Waals surface area contributed by atoms with Gasteiger partial charge in [-0.1, -0.05) is 0 Å². The highest BCUT2D eigenvalue weighted by Crippen LogP contribution is 2.30. The maximum atomic E-state index is 12.4. The SMILES string of the molecule is O=c1[nH]nc2n1C(c1cnc(C(F)(F)F)cn1)CC2. The van der Waals surface area contributed by atoms with Gasteiger partial charge in [0, 0.05) is 6.42 Å². The Kier molecular flexibility index (Phi) is 2.44. The molecule has 0 saturated heterocycles. The highest BCUT2D eigenvalue weighted by molar-refractivity contribution is 5.14. The molecule has 0 fully saturated rings. The number of hydrogen-bond donors (Lipinski definition) is 1. The van der Waals surface area contributed by atoms with Crippen molar-refractivity contribution in [2.24, 2.45) is 0 Å². The fraction of sp³-hybridized carbons (Fsp3) is 0.400. The Morgan fingerprint density at radius 2 is 2.11 bits per heavy atom. The van der Waals surface area contributed by atoms with Gasteiger partial charge in [-0.2, -0.15) is 18.3 Å². The minimum absolute atomic E-state index is 0.329. The number of fused-ring (bicyclic) bond motifs is 1. The minimum Gasteiger partial charge on any atom is -0.270 e. The molecule has 100 valence electrons. The molecule has 0 amide bonds. The van der Waals surface area contributed by atoms with E-state index in [1.54, 1.807) is 0 Å². The third kappa shape index (κ3) is 1.90. The van der Waals surface area contributed by atoms with Crippen LogP contribution in [-0.2, 0) is 12.6 Å². The molecule has 2 aromatic rings. The molecule has 0 radical (unpaired) electrons. The van der Waals surface area contributed by atoms with Crippen LogP contribution in [-0.4, -0.2) is 24.7 Å². The number of hydrogen-bond acceptors (Lipinski definition) is 4. The summed E-state index contributed by atoms with van der Waals surface area (Å²) < 4.78 is 38.5. The zero-order valence-corrected chi connectivity index (χ0v) is 9.48. The fourth-order valence-corrected chi connectivity index (χ4v) is 2.17. The van der Waals surface area contributed by atoms with Crippen LogP contribution in [0.3, 0.4) is 0 Å². The average molecular weight is 271 g/mol. The van der Waals surface area contributed by atoms with Crippen molar-refractivity contribution in [2.75, 3.05) is 0 Å². The zero-order valence-electron chi connectivity index (χ0n) is 9.48. The van der Waals surface area contributed by atoms with Crippen LogP contribution < -0.4 is 5.69 Å². The number of halogens is 3. The normalized spacial score (nSPS) is 18.6. The van der Waals surface area contributed by atoms with Crippen LogP contribution in [0.15, 0.2) is 17.2 Å². The summed E-state index contributed by atoms with van der Waals surface area (Å²) in [4.78, 5) is 18.6. The van der Waals surface area contributed by atoms with Crippen LogP contribution in [0.4, 0.5) is 13.2 Å². The summed E-state index contributed by atoms with van der Waals surface area (Å²) in [6.45, 7) is 0. The Morgan fingerprint density at radius 3 is 2.74 bits per heavy atom. The molecule has 3 rings (SSSR count). The summed E-state index contributed by atoms with van der Waals surface area (Å²) in [6.07, 6.45) is -1.63. The second-order valence-corrected chi connectivity index (χ2v) is 4.19. The van der Waals surface area contributed by atoms with Gasteiger partial charge in [-0.25, -0.2) is 14.9 Å². The number of nitrogens with zero attached hydrogens (tertiary/aromatic N) is 4. The molecule has 1 N–H and O–H groups in total. The standard InChI is InChI=1S/C10H8F3N5O/c11-10(12,13)7-4-14-5(3-15-7)6-1-2-8-16-17-9(19)18(6)8/h3-4,6H,1-2H2,(H,17,19). The fourth-order valence-electron chi connectivity index (χ4n) is 2.17. The molecular weight excluding hydrogens is 263 g/mol. The van der Waals surface area contributed by atoms with Crippen LogP contribution in [0, 0.1) is 0 Å². The summed E-state index contributed by atoms with van der Waals surface area (Å²) in [6, 6.07) is -0.406. The van der Waals surface area contributed by atoms with Gasteiger partial charge in [-0.15, -0.1) is 0 Å². The summed E-state index contributed by atoms with van der Waals surface area (Å²) >= 11 is 0. The Morgan fingerprint density at radius 1 is 1.32 bits per heavy atom. The number of H-pyrrole nitrogens is 1. The van der Waals surface area contributed by atoms with Crippen molar-refractivity contribution in [2.45, 2.75) is 25.1 Å². The van der Waals surface area contributed by atoms with Gasteiger partial charge in [0.05, 0.1) is 24.1 Å². The van der Waals surface area contributed by atoms with Crippen LogP contribution in [0.2, 0.25) is 0 Å². The third-order valence-corrected chi connectivity index (χ3v) is 3.03. The Balaban J connectivity index is 1.97. The van der Waals surface area contributed by atoms with E-state index in [-0.39, 0.29) is 5.69 Å². The first-order valence-corrected chi connectivity index (χ1v) is 5.52. The summed E-state index contributed by atoms with van der Waals surface area (Å²) in [5.41, 5.74) is -1.11. The largest absolute Gasteiger partial charge is 0.434 e. The number of aromatic amines is 1. The van der Waals surface area contributed by atoms with E-state index in [9.17, 15) is 18.0 Å². The van der Waals surface area contributed by atoms with E-state index in [4.69, 9.17) is 0 Å². The maximum absolute atomic E-state index is 12.4. The van der Waals surface area contributed by atoms with Gasteiger partial charge in [0.1, 0.15) is 5.82 Å². The van der Waals surface area contributed by atoms with Crippen molar-refractivity contribution < 1.29 is 13.2 Å². The quantitative estimate of drug-likeness (QED) is 0.836. The molecule has 0 saturated carbocycles. The Bertz CT molecular complexity index is 657. The number of nitrogens with one attached hydrogen (secondary N) is 1. The molecule has 1 unspecified atom stereocenters. The van der Waals surface area contributed by atoms with Gasteiger partial charge in [-0.05, 0) is 6.42 Å². The lowest BCUT2D eigenvalue weighted by molar-refractivity contribution is -0.141. The Hall–Kier alpha value is -2.19. The summed E-state index contributed by atoms with van der Waals surface area (Å²) in [5, 5.41) is 6.13. The number of alkyl halides is 3. The van der Waals surface area contributed by atoms with Crippen molar-refractivity contribution in [3.05, 3.63) is 40.1 Å². The van der Waals surface area contributed by atoms with E-state index in [2.05, 4.69) is 20.2 Å². The molecule has 3 heterocycles. The number of aromatic nitrogens is 5. The first-order valence-electron chi connectivity index (χ1n) is 5.52. The van der Waals surface area contributed by atoms with E-state index < -0.39 is 17.9 Å². The smallest absolute Gasteiger partial charge is 0.270 e. The molecule has 19 heavy (non-hydrogen) atoms.